The van der Waals surface area contributed by atoms with Gasteiger partial charge in [-0.3, -0.25) is 9.36 Å². The highest BCUT2D eigenvalue weighted by Gasteiger charge is 2.14. The van der Waals surface area contributed by atoms with Crippen LogP contribution in [-0.2, 0) is 17.8 Å². The van der Waals surface area contributed by atoms with Crippen LogP contribution in [0.1, 0.15) is 18.0 Å². The predicted octanol–water partition coefficient (Wildman–Crippen LogP) is 1.62. The van der Waals surface area contributed by atoms with E-state index in [1.807, 2.05) is 16.7 Å². The highest BCUT2D eigenvalue weighted by Crippen LogP contribution is 2.19. The lowest BCUT2D eigenvalue weighted by Gasteiger charge is -2.07. The Morgan fingerprint density at radius 1 is 1.55 bits per heavy atom. The van der Waals surface area contributed by atoms with Crippen molar-refractivity contribution >= 4 is 17.7 Å². The molecule has 0 saturated heterocycles. The fourth-order valence-electron chi connectivity index (χ4n) is 1.70. The zero-order valence-electron chi connectivity index (χ0n) is 11.0. The van der Waals surface area contributed by atoms with Gasteiger partial charge in [0.15, 0.2) is 5.16 Å². The first-order chi connectivity index (χ1) is 9.70. The number of amides is 1. The Morgan fingerprint density at radius 3 is 3.05 bits per heavy atom. The van der Waals surface area contributed by atoms with Crippen LogP contribution < -0.4 is 5.73 Å². The Hall–Kier alpha value is -2.02. The molecule has 0 bridgehead atoms. The molecule has 2 rings (SSSR count). The summed E-state index contributed by atoms with van der Waals surface area (Å²) in [6.07, 6.45) is 4.15. The standard InChI is InChI=1S/C13H16N4O2S/c1-2-8-20-13-16-15-12(6-5-11(14)18)17(13)9-10-4-3-7-19-10/h2-4,7H,1,5-6,8-9H2,(H2,14,18). The van der Waals surface area contributed by atoms with Gasteiger partial charge in [0.25, 0.3) is 0 Å². The summed E-state index contributed by atoms with van der Waals surface area (Å²) in [5.74, 6) is 1.93. The molecule has 6 nitrogen and oxygen atoms in total. The fraction of sp³-hybridized carbons (Fsp3) is 0.308. The van der Waals surface area contributed by atoms with Crippen molar-refractivity contribution in [3.63, 3.8) is 0 Å². The number of aromatic nitrogens is 3. The highest BCUT2D eigenvalue weighted by atomic mass is 32.2. The van der Waals surface area contributed by atoms with Gasteiger partial charge in [-0.25, -0.2) is 0 Å². The molecule has 106 valence electrons. The smallest absolute Gasteiger partial charge is 0.217 e. The number of hydrogen-bond acceptors (Lipinski definition) is 5. The van der Waals surface area contributed by atoms with E-state index >= 15 is 0 Å². The summed E-state index contributed by atoms with van der Waals surface area (Å²) in [6, 6.07) is 3.72. The summed E-state index contributed by atoms with van der Waals surface area (Å²) in [4.78, 5) is 10.9. The highest BCUT2D eigenvalue weighted by molar-refractivity contribution is 7.99. The maximum atomic E-state index is 10.9. The van der Waals surface area contributed by atoms with Crippen molar-refractivity contribution in [2.75, 3.05) is 5.75 Å². The predicted molar refractivity (Wildman–Crippen MR) is 76.3 cm³/mol. The van der Waals surface area contributed by atoms with Gasteiger partial charge in [-0.1, -0.05) is 17.8 Å². The van der Waals surface area contributed by atoms with E-state index in [1.54, 1.807) is 12.3 Å². The average molecular weight is 292 g/mol. The number of rotatable bonds is 8. The van der Waals surface area contributed by atoms with E-state index in [-0.39, 0.29) is 12.3 Å². The molecular weight excluding hydrogens is 276 g/mol. The molecule has 1 amide bonds. The number of nitrogens with zero attached hydrogens (tertiary/aromatic N) is 3. The van der Waals surface area contributed by atoms with Crippen LogP contribution in [0, 0.1) is 0 Å². The number of furan rings is 1. The van der Waals surface area contributed by atoms with E-state index in [0.717, 1.165) is 22.5 Å². The third-order valence-corrected chi connectivity index (χ3v) is 3.58. The summed E-state index contributed by atoms with van der Waals surface area (Å²) < 4.78 is 7.29. The maximum Gasteiger partial charge on any atom is 0.217 e. The molecule has 0 aliphatic carbocycles. The molecule has 2 heterocycles. The Bertz CT molecular complexity index is 577. The van der Waals surface area contributed by atoms with Crippen molar-refractivity contribution in [1.29, 1.82) is 0 Å². The van der Waals surface area contributed by atoms with Gasteiger partial charge in [0, 0.05) is 18.6 Å². The quantitative estimate of drug-likeness (QED) is 0.590. The number of hydrogen-bond donors (Lipinski definition) is 1. The lowest BCUT2D eigenvalue weighted by Crippen LogP contribution is -2.14. The molecule has 20 heavy (non-hydrogen) atoms. The molecule has 7 heteroatoms. The van der Waals surface area contributed by atoms with Gasteiger partial charge in [-0.15, -0.1) is 16.8 Å². The zero-order valence-corrected chi connectivity index (χ0v) is 11.8. The Balaban J connectivity index is 2.19. The van der Waals surface area contributed by atoms with E-state index in [9.17, 15) is 4.79 Å². The van der Waals surface area contributed by atoms with Gasteiger partial charge in [-0.05, 0) is 12.1 Å². The first-order valence-corrected chi connectivity index (χ1v) is 7.15. The van der Waals surface area contributed by atoms with E-state index in [4.69, 9.17) is 10.2 Å². The molecular formula is C13H16N4O2S. The molecule has 0 unspecified atom stereocenters. The summed E-state index contributed by atoms with van der Waals surface area (Å²) in [5.41, 5.74) is 5.18. The molecule has 0 aliphatic heterocycles. The minimum Gasteiger partial charge on any atom is -0.467 e. The molecule has 2 N–H and O–H groups in total. The van der Waals surface area contributed by atoms with E-state index in [0.29, 0.717) is 13.0 Å². The van der Waals surface area contributed by atoms with Crippen molar-refractivity contribution in [2.24, 2.45) is 5.73 Å². The Labute approximate surface area is 121 Å². The van der Waals surface area contributed by atoms with Crippen molar-refractivity contribution in [3.05, 3.63) is 42.6 Å². The van der Waals surface area contributed by atoms with Crippen LogP contribution in [0.25, 0.3) is 0 Å². The molecule has 0 aromatic carbocycles. The topological polar surface area (TPSA) is 86.9 Å². The normalized spacial score (nSPS) is 10.6. The maximum absolute atomic E-state index is 10.9. The first-order valence-electron chi connectivity index (χ1n) is 6.17. The van der Waals surface area contributed by atoms with Gasteiger partial charge in [0.05, 0.1) is 12.8 Å². The second kappa shape index (κ2) is 6.95. The third kappa shape index (κ3) is 3.74. The third-order valence-electron chi connectivity index (χ3n) is 2.61. The molecule has 0 atom stereocenters. The molecule has 2 aromatic heterocycles. The Morgan fingerprint density at radius 2 is 2.40 bits per heavy atom. The number of aryl methyl sites for hydroxylation is 1. The largest absolute Gasteiger partial charge is 0.467 e. The lowest BCUT2D eigenvalue weighted by molar-refractivity contribution is -0.118. The van der Waals surface area contributed by atoms with Crippen LogP contribution >= 0.6 is 11.8 Å². The summed E-state index contributed by atoms with van der Waals surface area (Å²) >= 11 is 1.54. The SMILES string of the molecule is C=CCSc1nnc(CCC(N)=O)n1Cc1ccco1. The average Bonchev–Trinajstić information content (AvgIpc) is 3.05. The summed E-state index contributed by atoms with van der Waals surface area (Å²) in [7, 11) is 0. The van der Waals surface area contributed by atoms with Crippen LogP contribution in [0.4, 0.5) is 0 Å². The monoisotopic (exact) mass is 292 g/mol. The van der Waals surface area contributed by atoms with Crippen LogP contribution in [-0.4, -0.2) is 26.4 Å². The van der Waals surface area contributed by atoms with E-state index in [2.05, 4.69) is 16.8 Å². The summed E-state index contributed by atoms with van der Waals surface area (Å²) in [5, 5.41) is 9.05. The van der Waals surface area contributed by atoms with Crippen molar-refractivity contribution < 1.29 is 9.21 Å². The second-order valence-corrected chi connectivity index (χ2v) is 5.12. The molecule has 2 aromatic rings. The van der Waals surface area contributed by atoms with Crippen molar-refractivity contribution in [2.45, 2.75) is 24.5 Å². The van der Waals surface area contributed by atoms with Crippen molar-refractivity contribution in [1.82, 2.24) is 14.8 Å². The number of nitrogens with two attached hydrogens (primary N) is 1. The van der Waals surface area contributed by atoms with Gasteiger partial charge < -0.3 is 10.2 Å². The lowest BCUT2D eigenvalue weighted by atomic mass is 10.3. The van der Waals surface area contributed by atoms with Crippen LogP contribution in [0.3, 0.4) is 0 Å². The molecule has 0 aliphatic rings. The fourth-order valence-corrected chi connectivity index (χ4v) is 2.39. The van der Waals surface area contributed by atoms with Gasteiger partial charge in [-0.2, -0.15) is 0 Å². The van der Waals surface area contributed by atoms with E-state index in [1.165, 1.54) is 11.8 Å². The summed E-state index contributed by atoms with van der Waals surface area (Å²) in [6.45, 7) is 4.22. The molecule has 0 saturated carbocycles. The number of carbonyl (C=O) groups excluding carboxylic acids is 1. The molecule has 0 radical (unpaired) electrons. The molecule has 0 spiro atoms. The minimum atomic E-state index is -0.349. The van der Waals surface area contributed by atoms with Gasteiger partial charge in [0.1, 0.15) is 11.6 Å². The van der Waals surface area contributed by atoms with E-state index < -0.39 is 0 Å². The molecule has 0 fully saturated rings. The van der Waals surface area contributed by atoms with Crippen LogP contribution in [0.5, 0.6) is 0 Å². The van der Waals surface area contributed by atoms with Crippen molar-refractivity contribution in [3.8, 4) is 0 Å². The first kappa shape index (κ1) is 14.4. The van der Waals surface area contributed by atoms with Gasteiger partial charge in [0.2, 0.25) is 5.91 Å². The zero-order chi connectivity index (χ0) is 14.4. The van der Waals surface area contributed by atoms with Gasteiger partial charge >= 0.3 is 0 Å². The second-order valence-electron chi connectivity index (χ2n) is 4.13. The number of primary amides is 1. The minimum absolute atomic E-state index is 0.252. The number of thioether (sulfide) groups is 1. The number of carbonyl (C=O) groups is 1. The Kier molecular flexibility index (Phi) is 5.00. The van der Waals surface area contributed by atoms with Crippen LogP contribution in [0.2, 0.25) is 0 Å². The van der Waals surface area contributed by atoms with Crippen LogP contribution in [0.15, 0.2) is 40.6 Å².